The lowest BCUT2D eigenvalue weighted by atomic mass is 9.90. The molecular weight excluding hydrogens is 424 g/mol. The van der Waals surface area contributed by atoms with Crippen LogP contribution < -0.4 is 10.2 Å². The monoisotopic (exact) mass is 456 g/mol. The van der Waals surface area contributed by atoms with Gasteiger partial charge in [-0.05, 0) is 73.3 Å². The number of carbonyl (C=O) groups is 2. The van der Waals surface area contributed by atoms with Crippen molar-refractivity contribution in [1.82, 2.24) is 15.1 Å². The number of nitrogens with zero attached hydrogens (tertiary/aromatic N) is 3. The summed E-state index contributed by atoms with van der Waals surface area (Å²) >= 11 is 0. The Balaban J connectivity index is 1.26. The maximum atomic E-state index is 13.4. The van der Waals surface area contributed by atoms with E-state index in [1.807, 2.05) is 54.4 Å². The van der Waals surface area contributed by atoms with E-state index in [9.17, 15) is 9.59 Å². The van der Waals surface area contributed by atoms with E-state index in [4.69, 9.17) is 0 Å². The number of imide groups is 1. The number of hydrogen-bond donors (Lipinski definition) is 1. The fourth-order valence-corrected chi connectivity index (χ4v) is 5.09. The van der Waals surface area contributed by atoms with Gasteiger partial charge in [0.25, 0.3) is 5.91 Å². The highest BCUT2D eigenvalue weighted by atomic mass is 16.2. The lowest BCUT2D eigenvalue weighted by Crippen LogP contribution is -2.42. The molecule has 3 amide bonds. The molecule has 2 saturated heterocycles. The predicted molar refractivity (Wildman–Crippen MR) is 136 cm³/mol. The van der Waals surface area contributed by atoms with Crippen LogP contribution in [0.2, 0.25) is 0 Å². The highest BCUT2D eigenvalue weighted by molar-refractivity contribution is 6.07. The highest BCUT2D eigenvalue weighted by Gasteiger charge is 2.49. The summed E-state index contributed by atoms with van der Waals surface area (Å²) in [6.45, 7) is 4.94. The number of urea groups is 1. The van der Waals surface area contributed by atoms with Gasteiger partial charge in [0.05, 0.1) is 6.67 Å². The van der Waals surface area contributed by atoms with Crippen molar-refractivity contribution in [2.45, 2.75) is 38.3 Å². The van der Waals surface area contributed by atoms with Crippen molar-refractivity contribution in [1.29, 1.82) is 0 Å². The van der Waals surface area contributed by atoms with E-state index >= 15 is 0 Å². The van der Waals surface area contributed by atoms with Crippen LogP contribution in [-0.4, -0.2) is 48.5 Å². The molecule has 0 aliphatic carbocycles. The van der Waals surface area contributed by atoms with Crippen molar-refractivity contribution in [2.24, 2.45) is 0 Å². The van der Waals surface area contributed by atoms with Gasteiger partial charge in [0, 0.05) is 25.3 Å². The molecule has 6 heteroatoms. The molecule has 0 unspecified atom stereocenters. The van der Waals surface area contributed by atoms with Crippen molar-refractivity contribution in [3.63, 3.8) is 0 Å². The molecule has 0 spiro atoms. The molecule has 0 saturated carbocycles. The van der Waals surface area contributed by atoms with Crippen LogP contribution in [0.5, 0.6) is 0 Å². The molecule has 2 fully saturated rings. The van der Waals surface area contributed by atoms with Crippen LogP contribution in [-0.2, 0) is 16.9 Å². The SMILES string of the molecule is CN(Cc1ccc(N2CCCCC2)cc1)CN1C(=O)N[C@@](C)(c2ccc3ccccc3c2)C1=O. The van der Waals surface area contributed by atoms with Gasteiger partial charge in [0.15, 0.2) is 0 Å². The highest BCUT2D eigenvalue weighted by Crippen LogP contribution is 2.31. The third-order valence-electron chi connectivity index (χ3n) is 7.09. The minimum Gasteiger partial charge on any atom is -0.372 e. The normalized spacial score (nSPS) is 20.9. The van der Waals surface area contributed by atoms with E-state index in [1.165, 1.54) is 29.8 Å². The van der Waals surface area contributed by atoms with Gasteiger partial charge in [0.2, 0.25) is 0 Å². The molecule has 1 atom stereocenters. The van der Waals surface area contributed by atoms with Crippen LogP contribution in [0.1, 0.15) is 37.3 Å². The number of hydrogen-bond acceptors (Lipinski definition) is 4. The maximum Gasteiger partial charge on any atom is 0.326 e. The smallest absolute Gasteiger partial charge is 0.326 e. The fraction of sp³-hybridized carbons (Fsp3) is 0.357. The molecule has 2 heterocycles. The molecule has 2 aliphatic rings. The number of carbonyl (C=O) groups excluding carboxylic acids is 2. The third-order valence-corrected chi connectivity index (χ3v) is 7.09. The summed E-state index contributed by atoms with van der Waals surface area (Å²) in [7, 11) is 1.94. The van der Waals surface area contributed by atoms with E-state index < -0.39 is 5.54 Å². The summed E-state index contributed by atoms with van der Waals surface area (Å²) in [5, 5.41) is 5.08. The molecule has 0 bridgehead atoms. The fourth-order valence-electron chi connectivity index (χ4n) is 5.09. The lowest BCUT2D eigenvalue weighted by Gasteiger charge is -2.29. The predicted octanol–water partition coefficient (Wildman–Crippen LogP) is 4.69. The summed E-state index contributed by atoms with van der Waals surface area (Å²) in [6.07, 6.45) is 3.84. The third kappa shape index (κ3) is 4.26. The summed E-state index contributed by atoms with van der Waals surface area (Å²) in [4.78, 5) is 32.0. The van der Waals surface area contributed by atoms with Crippen molar-refractivity contribution < 1.29 is 9.59 Å². The number of piperidine rings is 1. The van der Waals surface area contributed by atoms with Crippen LogP contribution in [0, 0.1) is 0 Å². The largest absolute Gasteiger partial charge is 0.372 e. The molecule has 5 rings (SSSR count). The Morgan fingerprint density at radius 3 is 2.35 bits per heavy atom. The molecule has 3 aromatic rings. The van der Waals surface area contributed by atoms with E-state index in [1.54, 1.807) is 6.92 Å². The van der Waals surface area contributed by atoms with E-state index in [0.29, 0.717) is 6.54 Å². The Bertz CT molecular complexity index is 1200. The summed E-state index contributed by atoms with van der Waals surface area (Å²) < 4.78 is 0. The molecule has 1 N–H and O–H groups in total. The summed E-state index contributed by atoms with van der Waals surface area (Å²) in [5.41, 5.74) is 2.15. The first-order chi connectivity index (χ1) is 16.4. The van der Waals surface area contributed by atoms with Gasteiger partial charge >= 0.3 is 6.03 Å². The zero-order valence-electron chi connectivity index (χ0n) is 20.0. The molecule has 0 aromatic heterocycles. The molecule has 2 aliphatic heterocycles. The Morgan fingerprint density at radius 1 is 0.912 bits per heavy atom. The topological polar surface area (TPSA) is 55.9 Å². The van der Waals surface area contributed by atoms with Crippen molar-refractivity contribution in [2.75, 3.05) is 31.7 Å². The molecule has 0 radical (unpaired) electrons. The molecule has 3 aromatic carbocycles. The van der Waals surface area contributed by atoms with Gasteiger partial charge in [-0.1, -0.05) is 48.5 Å². The second kappa shape index (κ2) is 9.11. The van der Waals surface area contributed by atoms with Crippen molar-refractivity contribution >= 4 is 28.4 Å². The average Bonchev–Trinajstić information content (AvgIpc) is 3.08. The summed E-state index contributed by atoms with van der Waals surface area (Å²) in [6, 6.07) is 22.2. The van der Waals surface area contributed by atoms with Gasteiger partial charge in [-0.25, -0.2) is 9.69 Å². The maximum absolute atomic E-state index is 13.4. The number of nitrogens with one attached hydrogen (secondary N) is 1. The van der Waals surface area contributed by atoms with Crippen molar-refractivity contribution in [3.05, 3.63) is 77.9 Å². The molecular formula is C28H32N4O2. The van der Waals surface area contributed by atoms with Gasteiger partial charge in [-0.3, -0.25) is 9.69 Å². The molecule has 6 nitrogen and oxygen atoms in total. The van der Waals surface area contributed by atoms with E-state index in [2.05, 4.69) is 34.5 Å². The first-order valence-electron chi connectivity index (χ1n) is 12.1. The zero-order valence-corrected chi connectivity index (χ0v) is 20.0. The number of anilines is 1. The first kappa shape index (κ1) is 22.4. The number of amides is 3. The first-order valence-corrected chi connectivity index (χ1v) is 12.1. The number of fused-ring (bicyclic) bond motifs is 1. The van der Waals surface area contributed by atoms with Gasteiger partial charge in [-0.15, -0.1) is 0 Å². The van der Waals surface area contributed by atoms with E-state index in [-0.39, 0.29) is 18.6 Å². The second-order valence-electron chi connectivity index (χ2n) is 9.72. The minimum atomic E-state index is -1.07. The van der Waals surface area contributed by atoms with Crippen LogP contribution in [0.15, 0.2) is 66.7 Å². The average molecular weight is 457 g/mol. The standard InChI is InChI=1S/C28H32N4O2/c1-28(24-13-12-22-8-4-5-9-23(22)18-24)26(33)32(27(34)29-28)20-30(2)19-21-10-14-25(15-11-21)31-16-6-3-7-17-31/h4-5,8-15,18H,3,6-7,16-17,19-20H2,1-2H3,(H,29,34)/t28-/m0/s1. The minimum absolute atomic E-state index is 0.222. The van der Waals surface area contributed by atoms with Crippen LogP contribution in [0.25, 0.3) is 10.8 Å². The number of rotatable bonds is 6. The Hall–Kier alpha value is -3.38. The lowest BCUT2D eigenvalue weighted by molar-refractivity contribution is -0.132. The quantitative estimate of drug-likeness (QED) is 0.547. The molecule has 34 heavy (non-hydrogen) atoms. The Morgan fingerprint density at radius 2 is 1.62 bits per heavy atom. The van der Waals surface area contributed by atoms with E-state index in [0.717, 1.165) is 35.0 Å². The van der Waals surface area contributed by atoms with Crippen LogP contribution >= 0.6 is 0 Å². The zero-order chi connectivity index (χ0) is 23.7. The summed E-state index contributed by atoms with van der Waals surface area (Å²) in [5.74, 6) is -0.222. The van der Waals surface area contributed by atoms with Crippen molar-refractivity contribution in [3.8, 4) is 0 Å². The second-order valence-corrected chi connectivity index (χ2v) is 9.72. The molecule has 176 valence electrons. The van der Waals surface area contributed by atoms with Gasteiger partial charge in [0.1, 0.15) is 5.54 Å². The Kier molecular flexibility index (Phi) is 6.00. The van der Waals surface area contributed by atoms with Crippen LogP contribution in [0.3, 0.4) is 0 Å². The number of benzene rings is 3. The Labute approximate surface area is 201 Å². The van der Waals surface area contributed by atoms with Gasteiger partial charge < -0.3 is 10.2 Å². The van der Waals surface area contributed by atoms with Crippen LogP contribution in [0.4, 0.5) is 10.5 Å². The van der Waals surface area contributed by atoms with Gasteiger partial charge in [-0.2, -0.15) is 0 Å².